The minimum Gasteiger partial charge on any atom is -0.381 e. The van der Waals surface area contributed by atoms with Gasteiger partial charge in [-0.05, 0) is 50.2 Å². The van der Waals surface area contributed by atoms with E-state index in [1.54, 1.807) is 24.3 Å². The zero-order valence-corrected chi connectivity index (χ0v) is 19.2. The predicted octanol–water partition coefficient (Wildman–Crippen LogP) is 4.28. The third-order valence-electron chi connectivity index (χ3n) is 5.66. The fourth-order valence-corrected chi connectivity index (χ4v) is 4.16. The van der Waals surface area contributed by atoms with Gasteiger partial charge in [-0.2, -0.15) is 5.26 Å². The summed E-state index contributed by atoms with van der Waals surface area (Å²) in [6, 6.07) is 15.9. The number of nitrogen functional groups attached to an aromatic ring is 1. The van der Waals surface area contributed by atoms with Crippen molar-refractivity contribution in [1.82, 2.24) is 24.6 Å². The molecule has 0 saturated carbocycles. The number of aromatic nitrogens is 5. The lowest BCUT2D eigenvalue weighted by Crippen LogP contribution is -2.08. The van der Waals surface area contributed by atoms with Gasteiger partial charge in [0, 0.05) is 22.5 Å². The fraction of sp³-hybridized carbons (Fsp3) is 0.115. The van der Waals surface area contributed by atoms with Crippen LogP contribution in [0.2, 0.25) is 0 Å². The molecule has 0 bridgehead atoms. The normalized spacial score (nSPS) is 12.0. The van der Waals surface area contributed by atoms with E-state index in [4.69, 9.17) is 5.73 Å². The van der Waals surface area contributed by atoms with Gasteiger partial charge in [0.1, 0.15) is 23.4 Å². The van der Waals surface area contributed by atoms with E-state index in [1.165, 1.54) is 10.6 Å². The van der Waals surface area contributed by atoms with Gasteiger partial charge in [-0.1, -0.05) is 18.2 Å². The van der Waals surface area contributed by atoms with Crippen LogP contribution in [0.3, 0.4) is 0 Å². The smallest absolute Gasteiger partial charge is 0.199 e. The first-order valence-electron chi connectivity index (χ1n) is 10.9. The van der Waals surface area contributed by atoms with Gasteiger partial charge in [-0.15, -0.1) is 5.10 Å². The molecule has 3 aromatic heterocycles. The summed E-state index contributed by atoms with van der Waals surface area (Å²) in [5.74, 6) is -2.12. The average molecular weight is 483 g/mol. The molecule has 0 aliphatic rings. The molecule has 36 heavy (non-hydrogen) atoms. The van der Waals surface area contributed by atoms with E-state index >= 15 is 0 Å². The molecule has 3 heterocycles. The van der Waals surface area contributed by atoms with Crippen LogP contribution >= 0.6 is 0 Å². The number of aliphatic hydroxyl groups is 1. The maximum atomic E-state index is 14.4. The summed E-state index contributed by atoms with van der Waals surface area (Å²) in [6.45, 7) is 3.68. The zero-order chi connectivity index (χ0) is 25.6. The number of anilines is 1. The lowest BCUT2D eigenvalue weighted by molar-refractivity contribution is 0.199. The lowest BCUT2D eigenvalue weighted by atomic mass is 10.0. The Labute approximate surface area is 204 Å². The van der Waals surface area contributed by atoms with Crippen LogP contribution in [0.25, 0.3) is 28.2 Å². The van der Waals surface area contributed by atoms with Crippen molar-refractivity contribution in [2.75, 3.05) is 5.73 Å². The highest BCUT2D eigenvalue weighted by atomic mass is 19.1. The van der Waals surface area contributed by atoms with Gasteiger partial charge in [0.15, 0.2) is 17.3 Å². The van der Waals surface area contributed by atoms with E-state index in [1.807, 2.05) is 26.0 Å². The largest absolute Gasteiger partial charge is 0.381 e. The third kappa shape index (κ3) is 3.91. The molecule has 0 amide bonds. The third-order valence-corrected chi connectivity index (χ3v) is 5.66. The van der Waals surface area contributed by atoms with Crippen molar-refractivity contribution in [3.8, 4) is 28.6 Å². The highest BCUT2D eigenvalue weighted by Crippen LogP contribution is 2.35. The van der Waals surface area contributed by atoms with E-state index in [0.717, 1.165) is 23.5 Å². The Morgan fingerprint density at radius 1 is 0.944 bits per heavy atom. The van der Waals surface area contributed by atoms with Gasteiger partial charge in [-0.25, -0.2) is 23.3 Å². The van der Waals surface area contributed by atoms with Crippen LogP contribution < -0.4 is 5.73 Å². The number of hydrogen-bond donors (Lipinski definition) is 2. The van der Waals surface area contributed by atoms with Crippen LogP contribution in [0.5, 0.6) is 0 Å². The Bertz CT molecular complexity index is 1650. The molecule has 3 N–H and O–H groups in total. The van der Waals surface area contributed by atoms with Crippen LogP contribution in [-0.4, -0.2) is 29.7 Å². The van der Waals surface area contributed by atoms with E-state index in [2.05, 4.69) is 26.1 Å². The van der Waals surface area contributed by atoms with Crippen LogP contribution in [0, 0.1) is 36.8 Å². The first-order valence-corrected chi connectivity index (χ1v) is 10.9. The number of aryl methyl sites for hydroxylation is 2. The second-order valence-electron chi connectivity index (χ2n) is 8.27. The number of rotatable bonds is 4. The molecule has 0 radical (unpaired) electrons. The van der Waals surface area contributed by atoms with Crippen molar-refractivity contribution >= 4 is 11.5 Å². The molecule has 0 saturated heterocycles. The Balaban J connectivity index is 1.82. The molecule has 0 spiro atoms. The second kappa shape index (κ2) is 8.79. The summed E-state index contributed by atoms with van der Waals surface area (Å²) >= 11 is 0. The molecular formula is C26H19F2N7O. The average Bonchev–Trinajstić information content (AvgIpc) is 3.29. The summed E-state index contributed by atoms with van der Waals surface area (Å²) in [6.07, 6.45) is -1.79. The fourth-order valence-electron chi connectivity index (χ4n) is 4.16. The quantitative estimate of drug-likeness (QED) is 0.391. The summed E-state index contributed by atoms with van der Waals surface area (Å²) in [5.41, 5.74) is 9.81. The van der Waals surface area contributed by atoms with Crippen molar-refractivity contribution in [2.45, 2.75) is 20.0 Å². The number of nitrogens with two attached hydrogens (primary N) is 1. The van der Waals surface area contributed by atoms with Crippen molar-refractivity contribution in [1.29, 1.82) is 5.26 Å². The minimum atomic E-state index is -1.79. The summed E-state index contributed by atoms with van der Waals surface area (Å²) < 4.78 is 30.1. The molecule has 5 rings (SSSR count). The van der Waals surface area contributed by atoms with Crippen LogP contribution in [0.1, 0.15) is 34.4 Å². The summed E-state index contributed by atoms with van der Waals surface area (Å²) in [7, 11) is 0. The topological polar surface area (TPSA) is 126 Å². The summed E-state index contributed by atoms with van der Waals surface area (Å²) in [5, 5.41) is 24.6. The summed E-state index contributed by atoms with van der Waals surface area (Å²) in [4.78, 5) is 13.3. The molecule has 0 aliphatic carbocycles. The Morgan fingerprint density at radius 3 is 2.28 bits per heavy atom. The zero-order valence-electron chi connectivity index (χ0n) is 19.2. The Hall–Kier alpha value is -4.75. The molecule has 2 aromatic carbocycles. The number of pyridine rings is 1. The molecule has 10 heteroatoms. The number of nitrogens with zero attached hydrogens (tertiary/aromatic N) is 6. The molecule has 5 aromatic rings. The van der Waals surface area contributed by atoms with E-state index in [0.29, 0.717) is 28.1 Å². The van der Waals surface area contributed by atoms with E-state index < -0.39 is 23.3 Å². The molecule has 0 aliphatic heterocycles. The van der Waals surface area contributed by atoms with Gasteiger partial charge in [0.2, 0.25) is 0 Å². The number of nitriles is 1. The molecule has 0 fully saturated rings. The van der Waals surface area contributed by atoms with Gasteiger partial charge in [0.05, 0.1) is 22.9 Å². The molecule has 1 unspecified atom stereocenters. The Morgan fingerprint density at radius 2 is 1.61 bits per heavy atom. The maximum absolute atomic E-state index is 14.4. The van der Waals surface area contributed by atoms with Crippen LogP contribution in [0.4, 0.5) is 14.6 Å². The predicted molar refractivity (Wildman–Crippen MR) is 128 cm³/mol. The van der Waals surface area contributed by atoms with Gasteiger partial charge in [0.25, 0.3) is 0 Å². The van der Waals surface area contributed by atoms with Crippen molar-refractivity contribution < 1.29 is 13.9 Å². The van der Waals surface area contributed by atoms with Gasteiger partial charge < -0.3 is 10.8 Å². The van der Waals surface area contributed by atoms with E-state index in [9.17, 15) is 19.1 Å². The molecular weight excluding hydrogens is 464 g/mol. The second-order valence-corrected chi connectivity index (χ2v) is 8.27. The van der Waals surface area contributed by atoms with E-state index in [-0.39, 0.29) is 17.3 Å². The number of aliphatic hydroxyl groups excluding tert-OH is 1. The highest BCUT2D eigenvalue weighted by molar-refractivity contribution is 5.83. The highest BCUT2D eigenvalue weighted by Gasteiger charge is 2.27. The number of benzene rings is 2. The van der Waals surface area contributed by atoms with Crippen LogP contribution in [-0.2, 0) is 0 Å². The minimum absolute atomic E-state index is 0.0152. The van der Waals surface area contributed by atoms with Gasteiger partial charge >= 0.3 is 0 Å². The molecule has 1 atom stereocenters. The first kappa shape index (κ1) is 23.0. The molecule has 8 nitrogen and oxygen atoms in total. The Kier molecular flexibility index (Phi) is 5.62. The SMILES string of the molecule is Cc1cc(-c2c(-c3cccc(C#N)c3)nc(N)c3nc(C(O)c4c(F)cccc4F)nn23)cc(C)n1. The number of fused-ring (bicyclic) bond motifs is 1. The van der Waals surface area contributed by atoms with Gasteiger partial charge in [-0.3, -0.25) is 4.98 Å². The standard InChI is InChI=1S/C26H19F2N7O/c1-13-9-17(10-14(2)31-13)22-21(16-6-3-5-15(11-16)12-29)32-24(30)26-33-25(34-35(22)26)23(36)20-18(27)7-4-8-19(20)28/h3-11,23,36H,1-2H3,(H2,30,32). The first-order chi connectivity index (χ1) is 17.3. The molecule has 178 valence electrons. The number of hydrogen-bond acceptors (Lipinski definition) is 7. The van der Waals surface area contributed by atoms with Crippen molar-refractivity contribution in [2.24, 2.45) is 0 Å². The van der Waals surface area contributed by atoms with Crippen LogP contribution in [0.15, 0.2) is 54.6 Å². The lowest BCUT2D eigenvalue weighted by Gasteiger charge is -2.13. The maximum Gasteiger partial charge on any atom is 0.199 e. The number of halogens is 2. The van der Waals surface area contributed by atoms with Crippen molar-refractivity contribution in [3.05, 3.63) is 94.6 Å². The monoisotopic (exact) mass is 483 g/mol. The van der Waals surface area contributed by atoms with Crippen molar-refractivity contribution in [3.63, 3.8) is 0 Å².